The molecule has 7 aliphatic carbocycles. The van der Waals surface area contributed by atoms with Crippen molar-refractivity contribution in [1.29, 1.82) is 0 Å². The van der Waals surface area contributed by atoms with Crippen molar-refractivity contribution in [2.45, 2.75) is 371 Å². The van der Waals surface area contributed by atoms with E-state index in [4.69, 9.17) is 18.9 Å². The number of halogens is 12. The van der Waals surface area contributed by atoms with Crippen LogP contribution in [0, 0.1) is 86.3 Å². The molecule has 107 heavy (non-hydrogen) atoms. The molecule has 7 rings (SSSR count). The van der Waals surface area contributed by atoms with Crippen LogP contribution in [0.3, 0.4) is 0 Å². The molecule has 0 spiro atoms. The van der Waals surface area contributed by atoms with Gasteiger partial charge in [0.1, 0.15) is 18.8 Å². The molecule has 14 atom stereocenters. The third kappa shape index (κ3) is 29.3. The monoisotopic (exact) mass is 1570 g/mol. The lowest BCUT2D eigenvalue weighted by Crippen LogP contribution is -2.56. The van der Waals surface area contributed by atoms with Crippen molar-refractivity contribution in [3.63, 3.8) is 0 Å². The van der Waals surface area contributed by atoms with Gasteiger partial charge in [0, 0.05) is 0 Å². The van der Waals surface area contributed by atoms with E-state index in [2.05, 4.69) is 4.74 Å². The molecule has 0 heterocycles. The Morgan fingerprint density at radius 3 is 1.10 bits per heavy atom. The molecule has 0 aromatic carbocycles. The Morgan fingerprint density at radius 1 is 0.374 bits per heavy atom. The third-order valence-corrected chi connectivity index (χ3v) is 24.9. The van der Waals surface area contributed by atoms with Gasteiger partial charge in [-0.25, -0.2) is 0 Å². The Bertz CT molecular complexity index is 2720. The number of carbonyl (C=O) groups excluding carboxylic acids is 5. The summed E-state index contributed by atoms with van der Waals surface area (Å²) in [5, 5.41) is 48.2. The predicted molar refractivity (Wildman–Crippen MR) is 385 cm³/mol. The number of alkyl halides is 12. The van der Waals surface area contributed by atoms with Crippen molar-refractivity contribution in [1.82, 2.24) is 0 Å². The van der Waals surface area contributed by atoms with Crippen molar-refractivity contribution in [2.24, 2.45) is 86.3 Å². The number of hydrogen-bond donors (Lipinski definition) is 5. The molecule has 632 valence electrons. The Labute approximate surface area is 631 Å². The zero-order valence-electron chi connectivity index (χ0n) is 68.7. The van der Waals surface area contributed by atoms with Crippen molar-refractivity contribution >= 4 is 29.8 Å². The summed E-state index contributed by atoms with van der Waals surface area (Å²) in [5.74, 6) is -1.97. The number of rotatable bonds is 20. The molecule has 5 N–H and O–H groups in total. The predicted octanol–water partition coefficient (Wildman–Crippen LogP) is 19.9. The van der Waals surface area contributed by atoms with Gasteiger partial charge >= 0.3 is 54.6 Å². The van der Waals surface area contributed by atoms with Gasteiger partial charge < -0.3 is 49.2 Å². The van der Waals surface area contributed by atoms with Crippen molar-refractivity contribution in [2.75, 3.05) is 20.3 Å². The zero-order chi connectivity index (χ0) is 83.7. The van der Waals surface area contributed by atoms with Crippen LogP contribution in [-0.2, 0) is 47.7 Å². The molecule has 0 aromatic heterocycles. The fraction of sp³-hybridized carbons (Fsp3) is 0.938. The summed E-state index contributed by atoms with van der Waals surface area (Å²) in [6.07, 6.45) is -2.82. The summed E-state index contributed by atoms with van der Waals surface area (Å²) in [4.78, 5) is 57.7. The second-order valence-electron chi connectivity index (χ2n) is 36.0. The number of fused-ring (bicyclic) bond motifs is 5. The van der Waals surface area contributed by atoms with Crippen LogP contribution in [0.2, 0.25) is 0 Å². The number of aliphatic hydroxyl groups is 5. The van der Waals surface area contributed by atoms with Gasteiger partial charge in [0.15, 0.2) is 22.4 Å². The van der Waals surface area contributed by atoms with Crippen LogP contribution in [0.15, 0.2) is 0 Å². The van der Waals surface area contributed by atoms with E-state index in [0.29, 0.717) is 69.3 Å². The van der Waals surface area contributed by atoms with Gasteiger partial charge in [-0.1, -0.05) is 60.3 Å². The number of esters is 5. The van der Waals surface area contributed by atoms with Crippen molar-refractivity contribution < 1.29 is 126 Å². The minimum atomic E-state index is -4.65. The Balaban J connectivity index is 0.000000641. The van der Waals surface area contributed by atoms with Crippen LogP contribution >= 0.6 is 0 Å². The van der Waals surface area contributed by atoms with E-state index >= 15 is 0 Å². The van der Waals surface area contributed by atoms with E-state index in [1.807, 2.05) is 96.9 Å². The topological polar surface area (TPSA) is 233 Å². The molecule has 27 heteroatoms. The van der Waals surface area contributed by atoms with E-state index in [1.165, 1.54) is 13.5 Å². The van der Waals surface area contributed by atoms with Crippen LogP contribution in [-0.4, -0.2) is 141 Å². The second-order valence-corrected chi connectivity index (χ2v) is 36.0. The quantitative estimate of drug-likeness (QED) is 0.0433. The van der Waals surface area contributed by atoms with Crippen LogP contribution < -0.4 is 0 Å². The lowest BCUT2D eigenvalue weighted by Gasteiger charge is -2.50. The van der Waals surface area contributed by atoms with E-state index in [9.17, 15) is 102 Å². The molecule has 0 saturated heterocycles. The summed E-state index contributed by atoms with van der Waals surface area (Å²) in [5.41, 5.74) is -13.5. The first-order chi connectivity index (χ1) is 48.2. The molecule has 7 aliphatic rings. The van der Waals surface area contributed by atoms with Gasteiger partial charge in [-0.15, -0.1) is 0 Å². The molecule has 0 aliphatic heterocycles. The van der Waals surface area contributed by atoms with Crippen LogP contribution in [0.5, 0.6) is 0 Å². The normalized spacial score (nSPS) is 27.6. The third-order valence-electron chi connectivity index (χ3n) is 24.9. The minimum absolute atomic E-state index is 0.0509. The van der Waals surface area contributed by atoms with E-state index in [1.54, 1.807) is 27.7 Å². The molecule has 15 nitrogen and oxygen atoms in total. The Kier molecular flexibility index (Phi) is 37.7. The summed E-state index contributed by atoms with van der Waals surface area (Å²) >= 11 is 0. The molecule has 0 aromatic rings. The van der Waals surface area contributed by atoms with E-state index < -0.39 is 86.7 Å². The fourth-order valence-corrected chi connectivity index (χ4v) is 14.7. The maximum atomic E-state index is 13.4. The molecule has 0 amide bonds. The molecular formula is C80H138F12O15. The zero-order valence-corrected chi connectivity index (χ0v) is 68.7. The van der Waals surface area contributed by atoms with Crippen LogP contribution in [0.1, 0.15) is 306 Å². The highest BCUT2D eigenvalue weighted by molar-refractivity contribution is 5.77. The van der Waals surface area contributed by atoms with Gasteiger partial charge in [-0.3, -0.25) is 24.0 Å². The maximum Gasteiger partial charge on any atom is 0.417 e. The highest BCUT2D eigenvalue weighted by Crippen LogP contribution is 2.57. The molecule has 7 saturated carbocycles. The second kappa shape index (κ2) is 39.9. The molecular weight excluding hydrogens is 1430 g/mol. The smallest absolute Gasteiger partial charge is 0.417 e. The van der Waals surface area contributed by atoms with Gasteiger partial charge in [0.2, 0.25) is 0 Å². The molecule has 7 fully saturated rings. The standard InChI is InChI=1S/C19H31F3O3.C15H25F3O3.C11H17F3O.C10H15F3O.C10H20O3.C8H16O2.C7H14O2/c1-5-17(2,3)16(23)25-15-11-10-14(18(4,24)19(20,21)22)12-8-6-7-9-13(12)15;1-5-13(2,3)12(19)21-11-8-6-10(7-9-11)14(4,20)15(16,17)18;1-10(15,11(12,13)14)6-9-5-7-2-3-8(9)4-7;1-9(14,10(11,12)13)8-5-6-2-3-7(8)4-6;1-6-9(2,3)8(11)13-7-10(4,5)12;1-5-8(3,4)7(9)10-6-2;1-5-7(2,3)6(8)9-4/h12-15,24H,5-11H2,1-4H3;10-11,20H,5-9H2,1-4H3;7-9,15H,2-6H2,1H3;6-8,14H,2-5H2,1H3;12H,6-7H2,1-5H3;5-6H2,1-4H3;5H2,1-4H3. The van der Waals surface area contributed by atoms with Crippen LogP contribution in [0.4, 0.5) is 52.7 Å². The molecule has 14 unspecified atom stereocenters. The highest BCUT2D eigenvalue weighted by atomic mass is 19.4. The average molecular weight is 1570 g/mol. The fourth-order valence-electron chi connectivity index (χ4n) is 14.7. The van der Waals surface area contributed by atoms with Crippen LogP contribution in [0.25, 0.3) is 0 Å². The maximum absolute atomic E-state index is 13.4. The van der Waals surface area contributed by atoms with Gasteiger partial charge in [0.25, 0.3) is 0 Å². The summed E-state index contributed by atoms with van der Waals surface area (Å²) in [6.45, 7) is 37.2. The summed E-state index contributed by atoms with van der Waals surface area (Å²) in [6, 6.07) is 0. The first kappa shape index (κ1) is 101. The Morgan fingerprint density at radius 2 is 0.757 bits per heavy atom. The first-order valence-electron chi connectivity index (χ1n) is 39.0. The number of methoxy groups -OCH3 is 1. The summed E-state index contributed by atoms with van der Waals surface area (Å²) < 4.78 is 179. The summed E-state index contributed by atoms with van der Waals surface area (Å²) in [7, 11) is 1.42. The first-order valence-corrected chi connectivity index (χ1v) is 39.0. The largest absolute Gasteiger partial charge is 0.469 e. The number of carbonyl (C=O) groups is 5. The minimum Gasteiger partial charge on any atom is -0.469 e. The number of ether oxygens (including phenoxy) is 5. The lowest BCUT2D eigenvalue weighted by molar-refractivity contribution is -0.287. The lowest BCUT2D eigenvalue weighted by atomic mass is 9.60. The van der Waals surface area contributed by atoms with Gasteiger partial charge in [-0.05, 0) is 305 Å². The van der Waals surface area contributed by atoms with Gasteiger partial charge in [-0.2, -0.15) is 52.7 Å². The van der Waals surface area contributed by atoms with E-state index in [-0.39, 0.29) is 109 Å². The van der Waals surface area contributed by atoms with Crippen molar-refractivity contribution in [3.05, 3.63) is 0 Å². The average Bonchev–Trinajstić information content (AvgIpc) is 1.54. The highest BCUT2D eigenvalue weighted by Gasteiger charge is 2.62. The van der Waals surface area contributed by atoms with Crippen molar-refractivity contribution in [3.8, 4) is 0 Å². The number of hydrogen-bond acceptors (Lipinski definition) is 15. The molecule has 0 radical (unpaired) electrons. The SMILES string of the molecule is CC(O)(C1CC2CCC1C2)C(F)(F)F.CC(O)(CC1CC2CCC1C2)C(F)(F)F.CCC(C)(C)C(=O)OC.CCC(C)(C)C(=O)OC1CCC(C(C)(O)C(F)(F)F)C2CCCCC12.CCC(C)(C)C(=O)OC1CCC(C(C)(O)C(F)(F)F)CC1.CCC(C)(C)C(=O)OCC(C)(C)O.CCOC(=O)C(C)(C)CC. The van der Waals surface area contributed by atoms with E-state index in [0.717, 1.165) is 105 Å². The Hall–Kier alpha value is -3.69. The van der Waals surface area contributed by atoms with Gasteiger partial charge in [0.05, 0.1) is 46.4 Å². The molecule has 4 bridgehead atoms.